The average Bonchev–Trinajstić information content (AvgIpc) is 2.25. The Morgan fingerprint density at radius 2 is 2.00 bits per heavy atom. The summed E-state index contributed by atoms with van der Waals surface area (Å²) >= 11 is 0. The van der Waals surface area contributed by atoms with E-state index in [9.17, 15) is 4.79 Å². The van der Waals surface area contributed by atoms with Crippen molar-refractivity contribution in [2.24, 2.45) is 0 Å². The van der Waals surface area contributed by atoms with Crippen molar-refractivity contribution < 1.29 is 9.90 Å². The molecule has 4 heteroatoms. The number of carbonyl (C=O) groups is 1. The van der Waals surface area contributed by atoms with Crippen LogP contribution in [0.3, 0.4) is 0 Å². The Bertz CT molecular complexity index is 325. The van der Waals surface area contributed by atoms with Gasteiger partial charge in [-0.25, -0.2) is 0 Å². The molecule has 4 nitrogen and oxygen atoms in total. The summed E-state index contributed by atoms with van der Waals surface area (Å²) in [5.74, 6) is -0.828. The molecular formula is C12H18N2O2. The summed E-state index contributed by atoms with van der Waals surface area (Å²) in [4.78, 5) is 12.5. The third-order valence-corrected chi connectivity index (χ3v) is 2.42. The molecule has 16 heavy (non-hydrogen) atoms. The van der Waals surface area contributed by atoms with Crippen molar-refractivity contribution in [3.63, 3.8) is 0 Å². The molecule has 1 rings (SSSR count). The van der Waals surface area contributed by atoms with Crippen LogP contribution in [-0.4, -0.2) is 43.2 Å². The Kier molecular flexibility index (Phi) is 4.95. The Morgan fingerprint density at radius 1 is 1.38 bits per heavy atom. The van der Waals surface area contributed by atoms with E-state index in [0.29, 0.717) is 6.54 Å². The highest BCUT2D eigenvalue weighted by Gasteiger charge is 2.13. The molecule has 1 aromatic rings. The second-order valence-corrected chi connectivity index (χ2v) is 3.91. The van der Waals surface area contributed by atoms with Crippen molar-refractivity contribution in [1.82, 2.24) is 10.2 Å². The van der Waals surface area contributed by atoms with Crippen molar-refractivity contribution in [3.8, 4) is 0 Å². The first-order valence-corrected chi connectivity index (χ1v) is 5.25. The number of carboxylic acid groups (broad SMARTS) is 1. The molecule has 0 aliphatic rings. The molecule has 1 aromatic carbocycles. The number of likely N-dealkylation sites (N-methyl/N-ethyl adjacent to an activating group) is 1. The van der Waals surface area contributed by atoms with Gasteiger partial charge in [0.05, 0.1) is 6.54 Å². The molecule has 0 radical (unpaired) electrons. The van der Waals surface area contributed by atoms with Gasteiger partial charge >= 0.3 is 5.97 Å². The number of nitrogens with one attached hydrogen (secondary N) is 1. The standard InChI is InChI=1S/C12H18N2O2/c1-14(2)11(8-13-9-12(15)16)10-6-4-3-5-7-10/h3-7,11,13H,8-9H2,1-2H3,(H,15,16). The average molecular weight is 222 g/mol. The van der Waals surface area contributed by atoms with E-state index in [0.717, 1.165) is 0 Å². The largest absolute Gasteiger partial charge is 0.480 e. The fraction of sp³-hybridized carbons (Fsp3) is 0.417. The number of rotatable bonds is 6. The first kappa shape index (κ1) is 12.7. The van der Waals surface area contributed by atoms with Crippen LogP contribution in [0.15, 0.2) is 30.3 Å². The number of aliphatic carboxylic acids is 1. The van der Waals surface area contributed by atoms with Gasteiger partial charge in [0.2, 0.25) is 0 Å². The van der Waals surface area contributed by atoms with Crippen LogP contribution in [0.25, 0.3) is 0 Å². The molecular weight excluding hydrogens is 204 g/mol. The van der Waals surface area contributed by atoms with Gasteiger partial charge in [-0.1, -0.05) is 30.3 Å². The summed E-state index contributed by atoms with van der Waals surface area (Å²) in [6.07, 6.45) is 0. The molecule has 0 aliphatic carbocycles. The zero-order chi connectivity index (χ0) is 12.0. The van der Waals surface area contributed by atoms with Crippen LogP contribution in [0.1, 0.15) is 11.6 Å². The van der Waals surface area contributed by atoms with Crippen LogP contribution in [0.2, 0.25) is 0 Å². The summed E-state index contributed by atoms with van der Waals surface area (Å²) in [5.41, 5.74) is 1.19. The van der Waals surface area contributed by atoms with Gasteiger partial charge in [0.25, 0.3) is 0 Å². The highest BCUT2D eigenvalue weighted by molar-refractivity contribution is 5.68. The fourth-order valence-corrected chi connectivity index (χ4v) is 1.59. The molecule has 0 fully saturated rings. The van der Waals surface area contributed by atoms with Crippen molar-refractivity contribution in [3.05, 3.63) is 35.9 Å². The highest BCUT2D eigenvalue weighted by atomic mass is 16.4. The fourth-order valence-electron chi connectivity index (χ4n) is 1.59. The van der Waals surface area contributed by atoms with E-state index in [-0.39, 0.29) is 12.6 Å². The van der Waals surface area contributed by atoms with E-state index in [1.807, 2.05) is 44.4 Å². The molecule has 0 saturated heterocycles. The molecule has 2 N–H and O–H groups in total. The molecule has 0 bridgehead atoms. The smallest absolute Gasteiger partial charge is 0.317 e. The van der Waals surface area contributed by atoms with Gasteiger partial charge in [-0.15, -0.1) is 0 Å². The Balaban J connectivity index is 2.58. The number of nitrogens with zero attached hydrogens (tertiary/aromatic N) is 1. The lowest BCUT2D eigenvalue weighted by molar-refractivity contribution is -0.136. The maximum absolute atomic E-state index is 10.4. The van der Waals surface area contributed by atoms with Crippen molar-refractivity contribution in [2.75, 3.05) is 27.2 Å². The summed E-state index contributed by atoms with van der Waals surface area (Å²) < 4.78 is 0. The molecule has 0 aromatic heterocycles. The van der Waals surface area contributed by atoms with Gasteiger partial charge in [0.1, 0.15) is 0 Å². The molecule has 0 aliphatic heterocycles. The second-order valence-electron chi connectivity index (χ2n) is 3.91. The molecule has 0 saturated carbocycles. The highest BCUT2D eigenvalue weighted by Crippen LogP contribution is 2.16. The Morgan fingerprint density at radius 3 is 2.50 bits per heavy atom. The summed E-state index contributed by atoms with van der Waals surface area (Å²) in [6.45, 7) is 0.625. The van der Waals surface area contributed by atoms with Gasteiger partial charge in [-0.2, -0.15) is 0 Å². The number of carboxylic acids is 1. The second kappa shape index (κ2) is 6.25. The van der Waals surface area contributed by atoms with Crippen LogP contribution in [-0.2, 0) is 4.79 Å². The first-order chi connectivity index (χ1) is 7.61. The van der Waals surface area contributed by atoms with E-state index >= 15 is 0 Å². The molecule has 0 amide bonds. The van der Waals surface area contributed by atoms with Crippen LogP contribution < -0.4 is 5.32 Å². The zero-order valence-corrected chi connectivity index (χ0v) is 9.68. The number of benzene rings is 1. The van der Waals surface area contributed by atoms with Gasteiger partial charge in [-0.3, -0.25) is 4.79 Å². The van der Waals surface area contributed by atoms with Crippen LogP contribution in [0.5, 0.6) is 0 Å². The third-order valence-electron chi connectivity index (χ3n) is 2.42. The van der Waals surface area contributed by atoms with Crippen LogP contribution in [0.4, 0.5) is 0 Å². The third kappa shape index (κ3) is 4.00. The Hall–Kier alpha value is -1.39. The minimum Gasteiger partial charge on any atom is -0.480 e. The van der Waals surface area contributed by atoms with Crippen molar-refractivity contribution >= 4 is 5.97 Å². The van der Waals surface area contributed by atoms with E-state index in [1.54, 1.807) is 0 Å². The van der Waals surface area contributed by atoms with Gasteiger partial charge in [0, 0.05) is 12.6 Å². The van der Waals surface area contributed by atoms with Gasteiger partial charge in [0.15, 0.2) is 0 Å². The molecule has 0 spiro atoms. The summed E-state index contributed by atoms with van der Waals surface area (Å²) in [6, 6.07) is 10.2. The monoisotopic (exact) mass is 222 g/mol. The predicted octanol–water partition coefficient (Wildman–Crippen LogP) is 0.963. The lowest BCUT2D eigenvalue weighted by Gasteiger charge is -2.24. The molecule has 1 atom stereocenters. The first-order valence-electron chi connectivity index (χ1n) is 5.25. The Labute approximate surface area is 95.9 Å². The lowest BCUT2D eigenvalue weighted by atomic mass is 10.1. The molecule has 1 unspecified atom stereocenters. The molecule has 0 heterocycles. The molecule has 88 valence electrons. The van der Waals surface area contributed by atoms with E-state index in [2.05, 4.69) is 10.2 Å². The van der Waals surface area contributed by atoms with E-state index in [1.165, 1.54) is 5.56 Å². The lowest BCUT2D eigenvalue weighted by Crippen LogP contribution is -2.33. The van der Waals surface area contributed by atoms with E-state index < -0.39 is 5.97 Å². The SMILES string of the molecule is CN(C)C(CNCC(=O)O)c1ccccc1. The van der Waals surface area contributed by atoms with Gasteiger partial charge < -0.3 is 15.3 Å². The topological polar surface area (TPSA) is 52.6 Å². The quantitative estimate of drug-likeness (QED) is 0.753. The predicted molar refractivity (Wildman–Crippen MR) is 63.4 cm³/mol. The van der Waals surface area contributed by atoms with Gasteiger partial charge in [-0.05, 0) is 19.7 Å². The maximum atomic E-state index is 10.4. The van der Waals surface area contributed by atoms with Crippen molar-refractivity contribution in [1.29, 1.82) is 0 Å². The summed E-state index contributed by atoms with van der Waals surface area (Å²) in [5, 5.41) is 11.5. The number of hydrogen-bond donors (Lipinski definition) is 2. The normalized spacial score (nSPS) is 12.7. The minimum absolute atomic E-state index is 0.00280. The zero-order valence-electron chi connectivity index (χ0n) is 9.68. The summed E-state index contributed by atoms with van der Waals surface area (Å²) in [7, 11) is 3.97. The van der Waals surface area contributed by atoms with E-state index in [4.69, 9.17) is 5.11 Å². The minimum atomic E-state index is -0.828. The van der Waals surface area contributed by atoms with Crippen molar-refractivity contribution in [2.45, 2.75) is 6.04 Å². The van der Waals surface area contributed by atoms with Crippen LogP contribution >= 0.6 is 0 Å². The number of hydrogen-bond acceptors (Lipinski definition) is 3. The maximum Gasteiger partial charge on any atom is 0.317 e. The van der Waals surface area contributed by atoms with Crippen LogP contribution in [0, 0.1) is 0 Å².